The molecule has 0 fully saturated rings. The predicted octanol–water partition coefficient (Wildman–Crippen LogP) is 8.09. The third kappa shape index (κ3) is 1.94. The highest BCUT2D eigenvalue weighted by Gasteiger charge is 2.14. The molecular weight excluding hydrogens is 352 g/mol. The van der Waals surface area contributed by atoms with E-state index in [1.165, 1.54) is 51.5 Å². The molecule has 0 amide bonds. The van der Waals surface area contributed by atoms with Crippen molar-refractivity contribution in [1.29, 1.82) is 0 Å². The van der Waals surface area contributed by atoms with E-state index >= 15 is 0 Å². The Balaban J connectivity index is 1.76. The minimum absolute atomic E-state index is 1.35. The van der Waals surface area contributed by atoms with Gasteiger partial charge in [-0.2, -0.15) is 0 Å². The Morgan fingerprint density at radius 3 is 1.31 bits per heavy atom. The zero-order valence-electron chi connectivity index (χ0n) is 13.9. The highest BCUT2D eigenvalue weighted by atomic mass is 32.1. The predicted molar refractivity (Wildman–Crippen MR) is 118 cm³/mol. The molecule has 6 aromatic rings. The van der Waals surface area contributed by atoms with Crippen LogP contribution in [0.3, 0.4) is 0 Å². The van der Waals surface area contributed by atoms with Crippen molar-refractivity contribution in [2.45, 2.75) is 0 Å². The zero-order valence-corrected chi connectivity index (χ0v) is 15.5. The molecule has 0 aliphatic carbocycles. The van der Waals surface area contributed by atoms with Gasteiger partial charge in [0, 0.05) is 51.5 Å². The zero-order chi connectivity index (χ0) is 17.1. The Morgan fingerprint density at radius 2 is 0.808 bits per heavy atom. The van der Waals surface area contributed by atoms with Crippen molar-refractivity contribution < 1.29 is 0 Å². The summed E-state index contributed by atoms with van der Waals surface area (Å²) in [6.07, 6.45) is 0. The van der Waals surface area contributed by atoms with E-state index in [1.807, 2.05) is 22.7 Å². The molecule has 0 saturated carbocycles. The molecular formula is C24H14S2. The molecule has 2 heterocycles. The summed E-state index contributed by atoms with van der Waals surface area (Å²) in [5.74, 6) is 0. The minimum atomic E-state index is 1.35. The number of benzene rings is 4. The summed E-state index contributed by atoms with van der Waals surface area (Å²) in [5.41, 5.74) is 2.70. The van der Waals surface area contributed by atoms with Crippen molar-refractivity contribution in [2.75, 3.05) is 0 Å². The van der Waals surface area contributed by atoms with Gasteiger partial charge >= 0.3 is 0 Å². The van der Waals surface area contributed by atoms with Crippen molar-refractivity contribution in [3.8, 4) is 11.1 Å². The quantitative estimate of drug-likeness (QED) is 0.276. The standard InChI is InChI=1S/C24H14S2/c1-3-13-21-15(7-1)17-9-5-11-19(23(17)25-21)20-12-6-10-18-16-8-2-4-14-22(16)26-24(18)20/h1-14H. The molecule has 0 saturated heterocycles. The third-order valence-electron chi connectivity index (χ3n) is 5.10. The van der Waals surface area contributed by atoms with E-state index in [9.17, 15) is 0 Å². The molecule has 0 atom stereocenters. The van der Waals surface area contributed by atoms with Crippen LogP contribution >= 0.6 is 22.7 Å². The fraction of sp³-hybridized carbons (Fsp3) is 0. The summed E-state index contributed by atoms with van der Waals surface area (Å²) in [4.78, 5) is 0. The first kappa shape index (κ1) is 14.5. The molecule has 0 radical (unpaired) electrons. The average molecular weight is 367 g/mol. The van der Waals surface area contributed by atoms with Gasteiger partial charge in [0.25, 0.3) is 0 Å². The largest absolute Gasteiger partial charge is 0.135 e. The van der Waals surface area contributed by atoms with Crippen LogP contribution in [0.2, 0.25) is 0 Å². The van der Waals surface area contributed by atoms with Crippen LogP contribution in [0, 0.1) is 0 Å². The maximum Gasteiger partial charge on any atom is 0.0434 e. The van der Waals surface area contributed by atoms with Crippen LogP contribution in [0.1, 0.15) is 0 Å². The van der Waals surface area contributed by atoms with Crippen molar-refractivity contribution in [3.63, 3.8) is 0 Å². The van der Waals surface area contributed by atoms with Gasteiger partial charge in [0.1, 0.15) is 0 Å². The van der Waals surface area contributed by atoms with Crippen molar-refractivity contribution in [3.05, 3.63) is 84.9 Å². The Morgan fingerprint density at radius 1 is 0.385 bits per heavy atom. The average Bonchev–Trinajstić information content (AvgIpc) is 3.26. The first-order valence-electron chi connectivity index (χ1n) is 8.71. The molecule has 0 unspecified atom stereocenters. The Labute approximate surface area is 158 Å². The van der Waals surface area contributed by atoms with Crippen molar-refractivity contribution in [1.82, 2.24) is 0 Å². The second-order valence-electron chi connectivity index (χ2n) is 6.56. The van der Waals surface area contributed by atoms with Crippen LogP contribution < -0.4 is 0 Å². The van der Waals surface area contributed by atoms with E-state index in [4.69, 9.17) is 0 Å². The molecule has 6 rings (SSSR count). The van der Waals surface area contributed by atoms with Crippen molar-refractivity contribution in [2.24, 2.45) is 0 Å². The molecule has 4 aromatic carbocycles. The van der Waals surface area contributed by atoms with Gasteiger partial charge in [0.15, 0.2) is 0 Å². The van der Waals surface area contributed by atoms with Crippen LogP contribution in [-0.4, -0.2) is 0 Å². The summed E-state index contributed by atoms with van der Waals surface area (Å²) >= 11 is 3.81. The van der Waals surface area contributed by atoms with Gasteiger partial charge in [0.05, 0.1) is 0 Å². The van der Waals surface area contributed by atoms with E-state index in [-0.39, 0.29) is 0 Å². The van der Waals surface area contributed by atoms with Gasteiger partial charge in [0.2, 0.25) is 0 Å². The Bertz CT molecular complexity index is 1320. The molecule has 0 nitrogen and oxygen atoms in total. The molecule has 2 aromatic heterocycles. The molecule has 0 aliphatic heterocycles. The number of rotatable bonds is 1. The highest BCUT2D eigenvalue weighted by Crippen LogP contribution is 2.44. The van der Waals surface area contributed by atoms with Gasteiger partial charge in [-0.25, -0.2) is 0 Å². The Kier molecular flexibility index (Phi) is 3.01. The maximum atomic E-state index is 2.27. The van der Waals surface area contributed by atoms with Gasteiger partial charge < -0.3 is 0 Å². The molecule has 0 N–H and O–H groups in total. The van der Waals surface area contributed by atoms with Crippen molar-refractivity contribution >= 4 is 63.0 Å². The number of hydrogen-bond acceptors (Lipinski definition) is 2. The van der Waals surface area contributed by atoms with Crippen LogP contribution in [-0.2, 0) is 0 Å². The fourth-order valence-electron chi connectivity index (χ4n) is 3.92. The second kappa shape index (κ2) is 5.41. The highest BCUT2D eigenvalue weighted by molar-refractivity contribution is 7.27. The molecule has 0 spiro atoms. The van der Waals surface area contributed by atoms with E-state index < -0.39 is 0 Å². The van der Waals surface area contributed by atoms with Gasteiger partial charge in [-0.1, -0.05) is 72.8 Å². The second-order valence-corrected chi connectivity index (χ2v) is 8.67. The summed E-state index contributed by atoms with van der Waals surface area (Å²) < 4.78 is 5.49. The van der Waals surface area contributed by atoms with Crippen LogP contribution in [0.15, 0.2) is 84.9 Å². The Hall–Kier alpha value is -2.68. The summed E-state index contributed by atoms with van der Waals surface area (Å²) in [6.45, 7) is 0. The lowest BCUT2D eigenvalue weighted by Crippen LogP contribution is -1.78. The third-order valence-corrected chi connectivity index (χ3v) is 7.54. The normalized spacial score (nSPS) is 11.8. The molecule has 0 aliphatic rings. The van der Waals surface area contributed by atoms with E-state index in [1.54, 1.807) is 0 Å². The summed E-state index contributed by atoms with van der Waals surface area (Å²) in [7, 11) is 0. The lowest BCUT2D eigenvalue weighted by Gasteiger charge is -2.05. The molecule has 26 heavy (non-hydrogen) atoms. The van der Waals surface area contributed by atoms with Gasteiger partial charge in [-0.15, -0.1) is 22.7 Å². The first-order chi connectivity index (χ1) is 12.9. The monoisotopic (exact) mass is 366 g/mol. The maximum absolute atomic E-state index is 2.27. The number of thiophene rings is 2. The van der Waals surface area contributed by atoms with Gasteiger partial charge in [-0.3, -0.25) is 0 Å². The lowest BCUT2D eigenvalue weighted by atomic mass is 10.0. The van der Waals surface area contributed by atoms with E-state index in [2.05, 4.69) is 84.9 Å². The lowest BCUT2D eigenvalue weighted by molar-refractivity contribution is 1.76. The SMILES string of the molecule is c1ccc2c(c1)sc1c(-c3cccc4c3sc3ccccc34)cccc12. The molecule has 2 heteroatoms. The van der Waals surface area contributed by atoms with E-state index in [0.29, 0.717) is 0 Å². The number of fused-ring (bicyclic) bond motifs is 6. The summed E-state index contributed by atoms with van der Waals surface area (Å²) in [6, 6.07) is 30.9. The molecule has 0 bridgehead atoms. The smallest absolute Gasteiger partial charge is 0.0434 e. The molecule has 122 valence electrons. The van der Waals surface area contributed by atoms with Crippen LogP contribution in [0.5, 0.6) is 0 Å². The van der Waals surface area contributed by atoms with E-state index in [0.717, 1.165) is 0 Å². The summed E-state index contributed by atoms with van der Waals surface area (Å²) in [5, 5.41) is 5.44. The van der Waals surface area contributed by atoms with Crippen LogP contribution in [0.4, 0.5) is 0 Å². The topological polar surface area (TPSA) is 0 Å². The minimum Gasteiger partial charge on any atom is -0.135 e. The fourth-order valence-corrected chi connectivity index (χ4v) is 6.38. The van der Waals surface area contributed by atoms with Gasteiger partial charge in [-0.05, 0) is 12.1 Å². The van der Waals surface area contributed by atoms with Crippen LogP contribution in [0.25, 0.3) is 51.5 Å². The first-order valence-corrected chi connectivity index (χ1v) is 10.3. The number of hydrogen-bond donors (Lipinski definition) is 0.